The number of nitrogens with zero attached hydrogens (tertiary/aromatic N) is 2. The highest BCUT2D eigenvalue weighted by Crippen LogP contribution is 2.17. The van der Waals surface area contributed by atoms with Crippen molar-refractivity contribution in [3.8, 4) is 0 Å². The smallest absolute Gasteiger partial charge is 0.312 e. The molecule has 1 aliphatic heterocycles. The zero-order chi connectivity index (χ0) is 15.0. The molecular weight excluding hydrogens is 288 g/mol. The van der Waals surface area contributed by atoms with Gasteiger partial charge in [0.1, 0.15) is 15.9 Å². The summed E-state index contributed by atoms with van der Waals surface area (Å²) in [6.45, 7) is 6.03. The lowest BCUT2D eigenvalue weighted by Gasteiger charge is -2.01. The third-order valence-corrected chi connectivity index (χ3v) is 4.23. The molecule has 106 valence electrons. The maximum atomic E-state index is 12.0. The van der Waals surface area contributed by atoms with Crippen molar-refractivity contribution in [2.24, 2.45) is 5.16 Å². The molecule has 1 aromatic carbocycles. The van der Waals surface area contributed by atoms with E-state index in [9.17, 15) is 9.59 Å². The normalized spacial score (nSPS) is 16.8. The van der Waals surface area contributed by atoms with Gasteiger partial charge in [-0.05, 0) is 6.92 Å². The van der Waals surface area contributed by atoms with E-state index in [2.05, 4.69) is 11.7 Å². The average molecular weight is 300 g/mol. The van der Waals surface area contributed by atoms with Crippen molar-refractivity contribution in [3.05, 3.63) is 55.4 Å². The van der Waals surface area contributed by atoms with Crippen LogP contribution in [0, 0.1) is 0 Å². The number of carbonyl (C=O) groups excluding carboxylic acids is 1. The van der Waals surface area contributed by atoms with Crippen molar-refractivity contribution in [3.63, 3.8) is 0 Å². The predicted molar refractivity (Wildman–Crippen MR) is 81.5 cm³/mol. The van der Waals surface area contributed by atoms with Crippen LogP contribution in [-0.4, -0.2) is 16.2 Å². The molecule has 0 bridgehead atoms. The van der Waals surface area contributed by atoms with Crippen LogP contribution in [0.2, 0.25) is 0 Å². The Kier molecular flexibility index (Phi) is 3.31. The minimum atomic E-state index is -0.544. The number of aromatic nitrogens is 1. The summed E-state index contributed by atoms with van der Waals surface area (Å²) in [7, 11) is 0. The zero-order valence-corrected chi connectivity index (χ0v) is 12.1. The Morgan fingerprint density at radius 3 is 2.67 bits per heavy atom. The van der Waals surface area contributed by atoms with Gasteiger partial charge in [-0.15, -0.1) is 11.3 Å². The summed E-state index contributed by atoms with van der Waals surface area (Å²) in [4.78, 5) is 28.9. The van der Waals surface area contributed by atoms with Crippen LogP contribution < -0.4 is 14.8 Å². The zero-order valence-electron chi connectivity index (χ0n) is 11.3. The summed E-state index contributed by atoms with van der Waals surface area (Å²) in [6.07, 6.45) is 0. The number of oxime groups is 1. The third kappa shape index (κ3) is 2.13. The fourth-order valence-corrected chi connectivity index (χ4v) is 3.22. The summed E-state index contributed by atoms with van der Waals surface area (Å²) in [6, 6.07) is 9.27. The van der Waals surface area contributed by atoms with E-state index in [-0.39, 0.29) is 5.56 Å². The Labute approximate surface area is 124 Å². The van der Waals surface area contributed by atoms with Crippen molar-refractivity contribution < 1.29 is 9.63 Å². The lowest BCUT2D eigenvalue weighted by Crippen LogP contribution is -2.32. The van der Waals surface area contributed by atoms with Crippen LogP contribution in [0.1, 0.15) is 12.5 Å². The quantitative estimate of drug-likeness (QED) is 0.757. The fourth-order valence-electron chi connectivity index (χ4n) is 2.19. The Morgan fingerprint density at radius 1 is 1.29 bits per heavy atom. The number of thiazole rings is 1. The van der Waals surface area contributed by atoms with Crippen LogP contribution in [0.3, 0.4) is 0 Å². The molecule has 6 heteroatoms. The summed E-state index contributed by atoms with van der Waals surface area (Å²) in [5.41, 5.74) is 1.36. The first-order chi connectivity index (χ1) is 10.1. The van der Waals surface area contributed by atoms with Crippen molar-refractivity contribution >= 4 is 35.2 Å². The molecule has 0 amide bonds. The van der Waals surface area contributed by atoms with Crippen LogP contribution in [0.4, 0.5) is 0 Å². The van der Waals surface area contributed by atoms with Gasteiger partial charge in [-0.3, -0.25) is 9.36 Å². The van der Waals surface area contributed by atoms with E-state index in [0.29, 0.717) is 27.0 Å². The minimum Gasteiger partial charge on any atom is -0.312 e. The first-order valence-corrected chi connectivity index (χ1v) is 7.23. The van der Waals surface area contributed by atoms with Crippen molar-refractivity contribution in [1.82, 2.24) is 4.57 Å². The minimum absolute atomic E-state index is 0.183. The highest BCUT2D eigenvalue weighted by molar-refractivity contribution is 7.07. The molecule has 1 aliphatic rings. The standard InChI is InChI=1S/C15H12N2O3S/c1-3-17-13(18)9(2)21-14(17)11-12(16-20-15(11)19)10-7-5-4-6-8-10/h4-8H,2-3H2,1H3. The molecule has 0 unspecified atom stereocenters. The Morgan fingerprint density at radius 2 is 2.00 bits per heavy atom. The monoisotopic (exact) mass is 300 g/mol. The third-order valence-electron chi connectivity index (χ3n) is 3.19. The molecular formula is C15H12N2O3S. The van der Waals surface area contributed by atoms with Gasteiger partial charge in [-0.1, -0.05) is 42.1 Å². The lowest BCUT2D eigenvalue weighted by molar-refractivity contribution is -0.135. The Bertz CT molecular complexity index is 907. The molecule has 0 aliphatic carbocycles. The van der Waals surface area contributed by atoms with Gasteiger partial charge < -0.3 is 4.84 Å². The van der Waals surface area contributed by atoms with Gasteiger partial charge in [0.05, 0.1) is 4.53 Å². The van der Waals surface area contributed by atoms with Crippen LogP contribution in [0.15, 0.2) is 40.3 Å². The second-order valence-electron chi connectivity index (χ2n) is 4.44. The summed E-state index contributed by atoms with van der Waals surface area (Å²) in [5, 5.41) is 3.86. The van der Waals surface area contributed by atoms with E-state index < -0.39 is 5.97 Å². The van der Waals surface area contributed by atoms with Crippen LogP contribution in [-0.2, 0) is 16.2 Å². The van der Waals surface area contributed by atoms with Gasteiger partial charge in [0.15, 0.2) is 0 Å². The van der Waals surface area contributed by atoms with Crippen LogP contribution in [0.25, 0.3) is 12.2 Å². The molecule has 0 saturated carbocycles. The lowest BCUT2D eigenvalue weighted by atomic mass is 10.0. The number of rotatable bonds is 2. The summed E-state index contributed by atoms with van der Waals surface area (Å²) < 4.78 is 2.46. The molecule has 0 fully saturated rings. The molecule has 0 atom stereocenters. The van der Waals surface area contributed by atoms with Gasteiger partial charge in [0.2, 0.25) is 0 Å². The number of hydrogen-bond acceptors (Lipinski definition) is 5. The molecule has 0 radical (unpaired) electrons. The molecule has 21 heavy (non-hydrogen) atoms. The van der Waals surface area contributed by atoms with E-state index >= 15 is 0 Å². The largest absolute Gasteiger partial charge is 0.371 e. The Hall–Kier alpha value is -2.47. The van der Waals surface area contributed by atoms with E-state index in [4.69, 9.17) is 4.84 Å². The van der Waals surface area contributed by atoms with E-state index in [1.54, 1.807) is 0 Å². The highest BCUT2D eigenvalue weighted by Gasteiger charge is 2.29. The molecule has 2 aromatic rings. The second kappa shape index (κ2) is 5.14. The molecule has 1 aromatic heterocycles. The van der Waals surface area contributed by atoms with Crippen LogP contribution >= 0.6 is 11.3 Å². The topological polar surface area (TPSA) is 60.7 Å². The molecule has 5 nitrogen and oxygen atoms in total. The first-order valence-electron chi connectivity index (χ1n) is 6.41. The molecule has 0 N–H and O–H groups in total. The van der Waals surface area contributed by atoms with E-state index in [1.807, 2.05) is 37.3 Å². The van der Waals surface area contributed by atoms with Crippen molar-refractivity contribution in [2.75, 3.05) is 0 Å². The van der Waals surface area contributed by atoms with Crippen LogP contribution in [0.5, 0.6) is 0 Å². The fraction of sp³-hybridized carbons (Fsp3) is 0.133. The number of carbonyl (C=O) groups is 1. The molecule has 0 saturated heterocycles. The van der Waals surface area contributed by atoms with Crippen molar-refractivity contribution in [1.29, 1.82) is 0 Å². The summed E-state index contributed by atoms with van der Waals surface area (Å²) in [5.74, 6) is -0.544. The SMILES string of the molecule is C=c1sc(=C2C(=O)ON=C2c2ccccc2)n(CC)c1=O. The maximum absolute atomic E-state index is 12.0. The van der Waals surface area contributed by atoms with E-state index in [1.165, 1.54) is 15.9 Å². The summed E-state index contributed by atoms with van der Waals surface area (Å²) >= 11 is 1.19. The van der Waals surface area contributed by atoms with Gasteiger partial charge >= 0.3 is 5.97 Å². The molecule has 0 spiro atoms. The maximum Gasteiger partial charge on any atom is 0.371 e. The number of hydrogen-bond donors (Lipinski definition) is 0. The second-order valence-corrected chi connectivity index (χ2v) is 5.52. The first kappa shape index (κ1) is 13.5. The molecule has 2 heterocycles. The van der Waals surface area contributed by atoms with Gasteiger partial charge in [0.25, 0.3) is 5.56 Å². The van der Waals surface area contributed by atoms with E-state index in [0.717, 1.165) is 5.56 Å². The molecule has 3 rings (SSSR count). The van der Waals surface area contributed by atoms with Crippen molar-refractivity contribution in [2.45, 2.75) is 13.5 Å². The highest BCUT2D eigenvalue weighted by atomic mass is 32.1. The van der Waals surface area contributed by atoms with Gasteiger partial charge in [0, 0.05) is 12.1 Å². The average Bonchev–Trinajstić information content (AvgIpc) is 3.01. The Balaban J connectivity index is 2.35. The van der Waals surface area contributed by atoms with Gasteiger partial charge in [-0.25, -0.2) is 4.79 Å². The van der Waals surface area contributed by atoms with Gasteiger partial charge in [-0.2, -0.15) is 0 Å². The predicted octanol–water partition coefficient (Wildman–Crippen LogP) is 0.452. The number of benzene rings is 1.